The van der Waals surface area contributed by atoms with Crippen LogP contribution >= 0.6 is 0 Å². The SMILES string of the molecule is CS(=O)(=O)c1cccc(C(=O)N2CCN(C(=O)Cn3cc4cc(CC(=O)c5cccc(C(F)(F)F)n5)ccc4n3)CC2)c1. The van der Waals surface area contributed by atoms with Gasteiger partial charge in [0, 0.05) is 56.0 Å². The van der Waals surface area contributed by atoms with Crippen LogP contribution in [0.3, 0.4) is 0 Å². The number of carbonyl (C=O) groups excluding carboxylic acids is 3. The van der Waals surface area contributed by atoms with E-state index < -0.39 is 27.5 Å². The Morgan fingerprint density at radius 2 is 1.60 bits per heavy atom. The number of piperazine rings is 1. The minimum atomic E-state index is -4.65. The van der Waals surface area contributed by atoms with Gasteiger partial charge in [-0.25, -0.2) is 13.4 Å². The van der Waals surface area contributed by atoms with Crippen molar-refractivity contribution in [2.75, 3.05) is 32.4 Å². The second-order valence-electron chi connectivity index (χ2n) is 10.2. The van der Waals surface area contributed by atoms with E-state index in [2.05, 4.69) is 10.1 Å². The molecular formula is C29H26F3N5O5S. The van der Waals surface area contributed by atoms with E-state index in [1.807, 2.05) is 0 Å². The molecule has 2 aromatic heterocycles. The first-order chi connectivity index (χ1) is 20.3. The molecule has 0 bridgehead atoms. The summed E-state index contributed by atoms with van der Waals surface area (Å²) in [5.41, 5.74) is -0.0101. The zero-order valence-corrected chi connectivity index (χ0v) is 23.7. The zero-order valence-electron chi connectivity index (χ0n) is 22.9. The Labute approximate surface area is 244 Å². The van der Waals surface area contributed by atoms with Crippen LogP contribution in [0.15, 0.2) is 71.8 Å². The number of alkyl halides is 3. The van der Waals surface area contributed by atoms with Crippen LogP contribution in [0, 0.1) is 0 Å². The van der Waals surface area contributed by atoms with Crippen molar-refractivity contribution in [3.8, 4) is 0 Å². The molecule has 0 spiro atoms. The van der Waals surface area contributed by atoms with Crippen LogP contribution in [-0.2, 0) is 33.8 Å². The number of carbonyl (C=O) groups is 3. The summed E-state index contributed by atoms with van der Waals surface area (Å²) < 4.78 is 64.0. The molecule has 0 atom stereocenters. The number of amides is 2. The highest BCUT2D eigenvalue weighted by Crippen LogP contribution is 2.27. The normalized spacial score (nSPS) is 14.2. The molecule has 1 aliphatic heterocycles. The summed E-state index contributed by atoms with van der Waals surface area (Å²) in [7, 11) is -3.46. The van der Waals surface area contributed by atoms with E-state index >= 15 is 0 Å². The fourth-order valence-corrected chi connectivity index (χ4v) is 5.45. The van der Waals surface area contributed by atoms with E-state index in [1.54, 1.807) is 40.3 Å². The molecule has 43 heavy (non-hydrogen) atoms. The molecule has 0 aliphatic carbocycles. The number of rotatable bonds is 7. The van der Waals surface area contributed by atoms with Crippen molar-refractivity contribution >= 4 is 38.3 Å². The Hall–Kier alpha value is -4.59. The molecular weight excluding hydrogens is 587 g/mol. The lowest BCUT2D eigenvalue weighted by Crippen LogP contribution is -2.51. The number of nitrogens with zero attached hydrogens (tertiary/aromatic N) is 5. The van der Waals surface area contributed by atoms with Crippen molar-refractivity contribution in [1.29, 1.82) is 0 Å². The van der Waals surface area contributed by atoms with Gasteiger partial charge in [0.15, 0.2) is 15.6 Å². The highest BCUT2D eigenvalue weighted by atomic mass is 32.2. The summed E-state index contributed by atoms with van der Waals surface area (Å²) >= 11 is 0. The van der Waals surface area contributed by atoms with Crippen molar-refractivity contribution in [1.82, 2.24) is 24.6 Å². The lowest BCUT2D eigenvalue weighted by Gasteiger charge is -2.34. The fraction of sp³-hybridized carbons (Fsp3) is 0.276. The summed E-state index contributed by atoms with van der Waals surface area (Å²) in [6.45, 7) is 1.11. The minimum absolute atomic E-state index is 0.0541. The summed E-state index contributed by atoms with van der Waals surface area (Å²) in [6.07, 6.45) is -2.08. The highest BCUT2D eigenvalue weighted by molar-refractivity contribution is 7.90. The van der Waals surface area contributed by atoms with Crippen LogP contribution in [0.4, 0.5) is 13.2 Å². The van der Waals surface area contributed by atoms with Crippen molar-refractivity contribution in [3.63, 3.8) is 0 Å². The monoisotopic (exact) mass is 613 g/mol. The maximum Gasteiger partial charge on any atom is 0.433 e. The van der Waals surface area contributed by atoms with Crippen molar-refractivity contribution < 1.29 is 36.0 Å². The quantitative estimate of drug-likeness (QED) is 0.293. The second kappa shape index (κ2) is 11.6. The minimum Gasteiger partial charge on any atom is -0.338 e. The van der Waals surface area contributed by atoms with Crippen LogP contribution in [0.2, 0.25) is 0 Å². The zero-order chi connectivity index (χ0) is 30.9. The number of ketones is 1. The van der Waals surface area contributed by atoms with Crippen molar-refractivity contribution in [2.45, 2.75) is 24.0 Å². The Bertz CT molecular complexity index is 1830. The van der Waals surface area contributed by atoms with Gasteiger partial charge in [-0.1, -0.05) is 18.2 Å². The number of aromatic nitrogens is 3. The molecule has 3 heterocycles. The molecule has 1 saturated heterocycles. The molecule has 1 fully saturated rings. The molecule has 0 N–H and O–H groups in total. The maximum atomic E-state index is 13.0. The Balaban J connectivity index is 1.19. The van der Waals surface area contributed by atoms with Crippen LogP contribution in [0.25, 0.3) is 10.9 Å². The third-order valence-electron chi connectivity index (χ3n) is 7.03. The lowest BCUT2D eigenvalue weighted by molar-refractivity contribution is -0.141. The molecule has 0 unspecified atom stereocenters. The maximum absolute atomic E-state index is 13.0. The molecule has 0 radical (unpaired) electrons. The van der Waals surface area contributed by atoms with Gasteiger partial charge in [-0.15, -0.1) is 0 Å². The number of sulfone groups is 1. The van der Waals surface area contributed by atoms with Gasteiger partial charge in [-0.3, -0.25) is 19.1 Å². The molecule has 224 valence electrons. The average molecular weight is 614 g/mol. The molecule has 4 aromatic rings. The third kappa shape index (κ3) is 6.91. The van der Waals surface area contributed by atoms with E-state index in [-0.39, 0.29) is 54.0 Å². The van der Waals surface area contributed by atoms with E-state index in [0.717, 1.165) is 18.4 Å². The van der Waals surface area contributed by atoms with Gasteiger partial charge in [-0.2, -0.15) is 18.3 Å². The number of benzene rings is 2. The number of hydrogen-bond donors (Lipinski definition) is 0. The van der Waals surface area contributed by atoms with Gasteiger partial charge >= 0.3 is 6.18 Å². The van der Waals surface area contributed by atoms with E-state index in [4.69, 9.17) is 0 Å². The Morgan fingerprint density at radius 3 is 2.30 bits per heavy atom. The number of halogens is 3. The van der Waals surface area contributed by atoms with Crippen LogP contribution in [0.5, 0.6) is 0 Å². The first-order valence-electron chi connectivity index (χ1n) is 13.2. The molecule has 2 amide bonds. The Kier molecular flexibility index (Phi) is 8.06. The van der Waals surface area contributed by atoms with Gasteiger partial charge in [0.05, 0.1) is 10.4 Å². The number of pyridine rings is 1. The summed E-state index contributed by atoms with van der Waals surface area (Å²) in [5.74, 6) is -1.08. The van der Waals surface area contributed by atoms with Crippen LogP contribution < -0.4 is 0 Å². The third-order valence-corrected chi connectivity index (χ3v) is 8.14. The predicted molar refractivity (Wildman–Crippen MR) is 149 cm³/mol. The lowest BCUT2D eigenvalue weighted by atomic mass is 10.0. The van der Waals surface area contributed by atoms with Gasteiger partial charge in [-0.05, 0) is 48.0 Å². The highest BCUT2D eigenvalue weighted by Gasteiger charge is 2.33. The fourth-order valence-electron chi connectivity index (χ4n) is 4.78. The van der Waals surface area contributed by atoms with Gasteiger partial charge in [0.2, 0.25) is 5.91 Å². The van der Waals surface area contributed by atoms with E-state index in [0.29, 0.717) is 29.6 Å². The second-order valence-corrected chi connectivity index (χ2v) is 12.2. The van der Waals surface area contributed by atoms with Crippen molar-refractivity contribution in [3.05, 3.63) is 89.4 Å². The first kappa shape index (κ1) is 29.9. The standard InChI is InChI=1S/C29H26F3N5O5S/c1-43(41,42)22-5-2-4-20(16-22)28(40)36-12-10-35(11-13-36)27(39)18-37-17-21-14-19(8-9-23(21)34-37)15-25(38)24-6-3-7-26(33-24)29(30,31)32/h2-9,14,16-17H,10-13,15,18H2,1H3. The summed E-state index contributed by atoms with van der Waals surface area (Å²) in [5, 5.41) is 5.06. The smallest absolute Gasteiger partial charge is 0.338 e. The number of hydrogen-bond acceptors (Lipinski definition) is 7. The van der Waals surface area contributed by atoms with Gasteiger partial charge < -0.3 is 9.80 Å². The molecule has 5 rings (SSSR count). The largest absolute Gasteiger partial charge is 0.433 e. The van der Waals surface area contributed by atoms with Crippen LogP contribution in [0.1, 0.15) is 32.1 Å². The number of fused-ring (bicyclic) bond motifs is 1. The molecule has 14 heteroatoms. The Morgan fingerprint density at radius 1 is 0.907 bits per heavy atom. The van der Waals surface area contributed by atoms with E-state index in [9.17, 15) is 36.0 Å². The topological polar surface area (TPSA) is 123 Å². The summed E-state index contributed by atoms with van der Waals surface area (Å²) in [6, 6.07) is 14.1. The van der Waals surface area contributed by atoms with Crippen molar-refractivity contribution in [2.24, 2.45) is 0 Å². The average Bonchev–Trinajstić information content (AvgIpc) is 3.37. The molecule has 0 saturated carbocycles. The van der Waals surface area contributed by atoms with E-state index in [1.165, 1.54) is 28.9 Å². The molecule has 1 aliphatic rings. The first-order valence-corrected chi connectivity index (χ1v) is 15.1. The number of Topliss-reactive ketones (excluding diaryl/α,β-unsaturated/α-hetero) is 1. The molecule has 2 aromatic carbocycles. The van der Waals surface area contributed by atoms with Crippen LogP contribution in [-0.4, -0.2) is 83.0 Å². The summed E-state index contributed by atoms with van der Waals surface area (Å²) in [4.78, 5) is 45.2. The molecule has 10 nitrogen and oxygen atoms in total. The van der Waals surface area contributed by atoms with Gasteiger partial charge in [0.1, 0.15) is 17.9 Å². The van der Waals surface area contributed by atoms with Gasteiger partial charge in [0.25, 0.3) is 5.91 Å². The predicted octanol–water partition coefficient (Wildman–Crippen LogP) is 3.26.